The number of aromatic nitrogens is 2. The molecule has 2 aromatic carbocycles. The van der Waals surface area contributed by atoms with Gasteiger partial charge in [-0.15, -0.1) is 0 Å². The second kappa shape index (κ2) is 10.0. The number of imidazole rings is 1. The summed E-state index contributed by atoms with van der Waals surface area (Å²) < 4.78 is 0. The van der Waals surface area contributed by atoms with Gasteiger partial charge in [0.05, 0.1) is 12.0 Å². The summed E-state index contributed by atoms with van der Waals surface area (Å²) in [6, 6.07) is 15.6. The Balaban J connectivity index is 1.76. The Kier molecular flexibility index (Phi) is 6.94. The summed E-state index contributed by atoms with van der Waals surface area (Å²) in [6.07, 6.45) is 3.25. The van der Waals surface area contributed by atoms with E-state index in [2.05, 4.69) is 20.6 Å². The lowest BCUT2D eigenvalue weighted by molar-refractivity contribution is -0.142. The van der Waals surface area contributed by atoms with E-state index in [1.54, 1.807) is 36.5 Å². The highest BCUT2D eigenvalue weighted by atomic mass is 16.4. The minimum Gasteiger partial charge on any atom is -0.480 e. The average molecular weight is 406 g/mol. The van der Waals surface area contributed by atoms with E-state index in [1.807, 2.05) is 30.3 Å². The zero-order valence-electron chi connectivity index (χ0n) is 16.1. The van der Waals surface area contributed by atoms with Crippen LogP contribution in [0.25, 0.3) is 0 Å². The number of benzene rings is 2. The molecule has 0 unspecified atom stereocenters. The molecule has 8 heteroatoms. The largest absolute Gasteiger partial charge is 0.480 e. The zero-order valence-corrected chi connectivity index (χ0v) is 16.1. The summed E-state index contributed by atoms with van der Waals surface area (Å²) in [5, 5.41) is 14.8. The van der Waals surface area contributed by atoms with Crippen LogP contribution in [-0.2, 0) is 22.4 Å². The molecule has 8 nitrogen and oxygen atoms in total. The van der Waals surface area contributed by atoms with Crippen molar-refractivity contribution >= 4 is 17.8 Å². The number of carboxylic acid groups (broad SMARTS) is 1. The predicted octanol–water partition coefficient (Wildman–Crippen LogP) is 1.56. The van der Waals surface area contributed by atoms with E-state index >= 15 is 0 Å². The van der Waals surface area contributed by atoms with Gasteiger partial charge >= 0.3 is 5.97 Å². The van der Waals surface area contributed by atoms with Crippen LogP contribution in [0.15, 0.2) is 73.2 Å². The van der Waals surface area contributed by atoms with Gasteiger partial charge in [0.15, 0.2) is 0 Å². The first-order chi connectivity index (χ1) is 14.5. The van der Waals surface area contributed by atoms with Crippen LogP contribution >= 0.6 is 0 Å². The van der Waals surface area contributed by atoms with Gasteiger partial charge < -0.3 is 20.7 Å². The highest BCUT2D eigenvalue weighted by molar-refractivity contribution is 5.98. The molecule has 0 aliphatic heterocycles. The lowest BCUT2D eigenvalue weighted by atomic mass is 10.0. The number of rotatable bonds is 9. The molecule has 2 amide bonds. The van der Waals surface area contributed by atoms with Gasteiger partial charge in [-0.25, -0.2) is 9.78 Å². The third kappa shape index (κ3) is 5.78. The molecule has 3 aromatic rings. The fourth-order valence-corrected chi connectivity index (χ4v) is 2.97. The second-order valence-electron chi connectivity index (χ2n) is 6.75. The first-order valence-corrected chi connectivity index (χ1v) is 9.43. The summed E-state index contributed by atoms with van der Waals surface area (Å²) in [5.74, 6) is -2.17. The van der Waals surface area contributed by atoms with E-state index < -0.39 is 29.9 Å². The highest BCUT2D eigenvalue weighted by Crippen LogP contribution is 2.07. The number of hydrogen-bond acceptors (Lipinski definition) is 4. The van der Waals surface area contributed by atoms with Crippen LogP contribution in [0.1, 0.15) is 21.6 Å². The number of amides is 2. The van der Waals surface area contributed by atoms with Crippen LogP contribution in [0.5, 0.6) is 0 Å². The Labute approximate surface area is 173 Å². The molecule has 3 rings (SSSR count). The van der Waals surface area contributed by atoms with Crippen LogP contribution < -0.4 is 10.6 Å². The fourth-order valence-electron chi connectivity index (χ4n) is 2.97. The molecule has 2 atom stereocenters. The van der Waals surface area contributed by atoms with Gasteiger partial charge in [-0.05, 0) is 17.7 Å². The molecule has 0 saturated heterocycles. The first-order valence-electron chi connectivity index (χ1n) is 9.43. The van der Waals surface area contributed by atoms with Gasteiger partial charge in [0, 0.05) is 24.6 Å². The van der Waals surface area contributed by atoms with Crippen molar-refractivity contribution < 1.29 is 19.5 Å². The standard InChI is InChI=1S/C22H22N4O4/c27-20(16-9-5-2-6-10-16)25-18(11-15-7-3-1-4-8-15)21(28)26-19(22(29)30)12-17-13-23-14-24-17/h1-10,13-14,18-19H,11-12H2,(H,23,24)(H,25,27)(H,26,28)(H,29,30)/t18-,19-/m0/s1. The molecule has 4 N–H and O–H groups in total. The van der Waals surface area contributed by atoms with Crippen LogP contribution in [0, 0.1) is 0 Å². The summed E-state index contributed by atoms with van der Waals surface area (Å²) in [5.41, 5.74) is 1.76. The van der Waals surface area contributed by atoms with Gasteiger partial charge in [-0.3, -0.25) is 9.59 Å². The van der Waals surface area contributed by atoms with Crippen LogP contribution in [0.3, 0.4) is 0 Å². The van der Waals surface area contributed by atoms with Crippen LogP contribution in [-0.4, -0.2) is 44.9 Å². The number of aliphatic carboxylic acids is 1. The van der Waals surface area contributed by atoms with Gasteiger partial charge in [-0.1, -0.05) is 48.5 Å². The Bertz CT molecular complexity index is 975. The van der Waals surface area contributed by atoms with Crippen LogP contribution in [0.4, 0.5) is 0 Å². The number of carboxylic acids is 1. The van der Waals surface area contributed by atoms with E-state index in [1.165, 1.54) is 6.33 Å². The molecule has 1 aromatic heterocycles. The van der Waals surface area contributed by atoms with Crippen molar-refractivity contribution in [2.75, 3.05) is 0 Å². The van der Waals surface area contributed by atoms with Crippen molar-refractivity contribution in [3.05, 3.63) is 90.0 Å². The molecule has 0 radical (unpaired) electrons. The van der Waals surface area contributed by atoms with E-state index in [-0.39, 0.29) is 12.8 Å². The van der Waals surface area contributed by atoms with Gasteiger partial charge in [0.25, 0.3) is 5.91 Å². The lowest BCUT2D eigenvalue weighted by Gasteiger charge is -2.21. The second-order valence-corrected chi connectivity index (χ2v) is 6.75. The van der Waals surface area contributed by atoms with E-state index in [0.29, 0.717) is 11.3 Å². The maximum Gasteiger partial charge on any atom is 0.326 e. The van der Waals surface area contributed by atoms with Crippen molar-refractivity contribution in [1.29, 1.82) is 0 Å². The molecular formula is C22H22N4O4. The number of carbonyl (C=O) groups excluding carboxylic acids is 2. The molecule has 0 fully saturated rings. The molecule has 1 heterocycles. The summed E-state index contributed by atoms with van der Waals surface area (Å²) in [6.45, 7) is 0. The molecule has 30 heavy (non-hydrogen) atoms. The Morgan fingerprint density at radius 2 is 1.57 bits per heavy atom. The Morgan fingerprint density at radius 1 is 0.900 bits per heavy atom. The third-order valence-corrected chi connectivity index (χ3v) is 4.52. The minimum absolute atomic E-state index is 0.0231. The molecule has 0 saturated carbocycles. The van der Waals surface area contributed by atoms with E-state index in [9.17, 15) is 19.5 Å². The number of aromatic amines is 1. The maximum atomic E-state index is 12.9. The predicted molar refractivity (Wildman–Crippen MR) is 110 cm³/mol. The molecule has 0 aliphatic rings. The number of nitrogens with one attached hydrogen (secondary N) is 3. The van der Waals surface area contributed by atoms with Crippen molar-refractivity contribution in [1.82, 2.24) is 20.6 Å². The normalized spacial score (nSPS) is 12.5. The SMILES string of the molecule is O=C(N[C@@H](Cc1ccccc1)C(=O)N[C@@H](Cc1c[nH]cn1)C(=O)O)c1ccccc1. The highest BCUT2D eigenvalue weighted by Gasteiger charge is 2.27. The summed E-state index contributed by atoms with van der Waals surface area (Å²) in [4.78, 5) is 44.0. The Hall–Kier alpha value is -3.94. The number of hydrogen-bond donors (Lipinski definition) is 4. The van der Waals surface area contributed by atoms with Gasteiger partial charge in [0.2, 0.25) is 5.91 Å². The maximum absolute atomic E-state index is 12.9. The fraction of sp³-hybridized carbons (Fsp3) is 0.182. The van der Waals surface area contributed by atoms with E-state index in [0.717, 1.165) is 5.56 Å². The van der Waals surface area contributed by atoms with Crippen molar-refractivity contribution in [2.24, 2.45) is 0 Å². The van der Waals surface area contributed by atoms with Gasteiger partial charge in [-0.2, -0.15) is 0 Å². The number of nitrogens with zero attached hydrogens (tertiary/aromatic N) is 1. The molecule has 0 aliphatic carbocycles. The van der Waals surface area contributed by atoms with Crippen LogP contribution in [0.2, 0.25) is 0 Å². The number of H-pyrrole nitrogens is 1. The monoisotopic (exact) mass is 406 g/mol. The van der Waals surface area contributed by atoms with Crippen molar-refractivity contribution in [2.45, 2.75) is 24.9 Å². The molecule has 0 spiro atoms. The van der Waals surface area contributed by atoms with Gasteiger partial charge in [0.1, 0.15) is 12.1 Å². The summed E-state index contributed by atoms with van der Waals surface area (Å²) in [7, 11) is 0. The third-order valence-electron chi connectivity index (χ3n) is 4.52. The Morgan fingerprint density at radius 3 is 2.17 bits per heavy atom. The molecule has 154 valence electrons. The van der Waals surface area contributed by atoms with E-state index in [4.69, 9.17) is 0 Å². The first kappa shape index (κ1) is 20.8. The number of carbonyl (C=O) groups is 3. The zero-order chi connectivity index (χ0) is 21.3. The minimum atomic E-state index is -1.18. The summed E-state index contributed by atoms with van der Waals surface area (Å²) >= 11 is 0. The average Bonchev–Trinajstić information content (AvgIpc) is 3.27. The molecule has 0 bridgehead atoms. The topological polar surface area (TPSA) is 124 Å². The smallest absolute Gasteiger partial charge is 0.326 e. The lowest BCUT2D eigenvalue weighted by Crippen LogP contribution is -2.53. The molecular weight excluding hydrogens is 384 g/mol. The van der Waals surface area contributed by atoms with Crippen molar-refractivity contribution in [3.8, 4) is 0 Å². The van der Waals surface area contributed by atoms with Crippen molar-refractivity contribution in [3.63, 3.8) is 0 Å². The quantitative estimate of drug-likeness (QED) is 0.429.